The lowest BCUT2D eigenvalue weighted by atomic mass is 10.0. The van der Waals surface area contributed by atoms with E-state index in [1.807, 2.05) is 24.3 Å². The van der Waals surface area contributed by atoms with Crippen molar-refractivity contribution in [3.8, 4) is 16.9 Å². The van der Waals surface area contributed by atoms with Crippen LogP contribution in [0.25, 0.3) is 11.1 Å². The fraction of sp³-hybridized carbons (Fsp3) is 0.143. The second-order valence-corrected chi connectivity index (χ2v) is 5.99. The zero-order chi connectivity index (χ0) is 18.5. The smallest absolute Gasteiger partial charge is 0.339 e. The molecule has 5 nitrogen and oxygen atoms in total. The van der Waals surface area contributed by atoms with Gasteiger partial charge in [0.2, 0.25) is 0 Å². The molecule has 0 amide bonds. The van der Waals surface area contributed by atoms with Crippen molar-refractivity contribution in [1.82, 2.24) is 4.98 Å². The monoisotopic (exact) mass is 348 g/mol. The zero-order valence-corrected chi connectivity index (χ0v) is 14.7. The topological polar surface area (TPSA) is 71.5 Å². The Labute approximate surface area is 152 Å². The number of nitrogens with one attached hydrogen (secondary N) is 1. The lowest BCUT2D eigenvalue weighted by Gasteiger charge is -2.09. The third-order valence-corrected chi connectivity index (χ3v) is 4.08. The average molecular weight is 348 g/mol. The Hall–Kier alpha value is -3.34. The molecule has 0 radical (unpaired) electrons. The van der Waals surface area contributed by atoms with Crippen molar-refractivity contribution in [2.45, 2.75) is 13.5 Å². The highest BCUT2D eigenvalue weighted by Gasteiger charge is 2.12. The minimum Gasteiger partial charge on any atom is -0.496 e. The average Bonchev–Trinajstić information content (AvgIpc) is 2.66. The number of nitrogens with zero attached hydrogens (tertiary/aromatic N) is 1. The predicted molar refractivity (Wildman–Crippen MR) is 102 cm³/mol. The summed E-state index contributed by atoms with van der Waals surface area (Å²) >= 11 is 0. The number of hydrogen-bond acceptors (Lipinski definition) is 4. The van der Waals surface area contributed by atoms with E-state index in [1.165, 1.54) is 18.2 Å². The van der Waals surface area contributed by atoms with Gasteiger partial charge in [0.25, 0.3) is 0 Å². The highest BCUT2D eigenvalue weighted by atomic mass is 16.5. The van der Waals surface area contributed by atoms with Crippen molar-refractivity contribution in [3.05, 3.63) is 77.5 Å². The molecule has 0 spiro atoms. The van der Waals surface area contributed by atoms with Crippen molar-refractivity contribution in [1.29, 1.82) is 0 Å². The van der Waals surface area contributed by atoms with E-state index in [1.54, 1.807) is 18.3 Å². The Balaban J connectivity index is 1.75. The molecule has 0 aliphatic heterocycles. The van der Waals surface area contributed by atoms with Gasteiger partial charge in [-0.3, -0.25) is 0 Å². The van der Waals surface area contributed by atoms with Crippen LogP contribution in [0, 0.1) is 6.92 Å². The number of aryl methyl sites for hydroxylation is 1. The van der Waals surface area contributed by atoms with Crippen LogP contribution < -0.4 is 10.1 Å². The van der Waals surface area contributed by atoms with Gasteiger partial charge >= 0.3 is 5.97 Å². The van der Waals surface area contributed by atoms with Gasteiger partial charge in [0, 0.05) is 18.3 Å². The molecule has 0 unspecified atom stereocenters. The van der Waals surface area contributed by atoms with E-state index in [9.17, 15) is 9.90 Å². The fourth-order valence-electron chi connectivity index (χ4n) is 2.74. The summed E-state index contributed by atoms with van der Waals surface area (Å²) in [7, 11) is 1.46. The summed E-state index contributed by atoms with van der Waals surface area (Å²) in [4.78, 5) is 15.8. The number of carboxylic acids is 1. The van der Waals surface area contributed by atoms with Gasteiger partial charge < -0.3 is 15.2 Å². The summed E-state index contributed by atoms with van der Waals surface area (Å²) in [5.74, 6) is 0.0842. The van der Waals surface area contributed by atoms with Crippen LogP contribution in [0.15, 0.2) is 60.8 Å². The van der Waals surface area contributed by atoms with Crippen molar-refractivity contribution in [2.24, 2.45) is 0 Å². The largest absolute Gasteiger partial charge is 0.496 e. The second kappa shape index (κ2) is 7.70. The summed E-state index contributed by atoms with van der Waals surface area (Å²) in [6.45, 7) is 2.76. The SMILES string of the molecule is COc1ccc(-c2ccc(NCc3cccc(C)c3)nc2)cc1C(=O)O. The van der Waals surface area contributed by atoms with E-state index in [-0.39, 0.29) is 5.56 Å². The van der Waals surface area contributed by atoms with E-state index in [0.29, 0.717) is 12.3 Å². The van der Waals surface area contributed by atoms with Crippen LogP contribution in [0.5, 0.6) is 5.75 Å². The van der Waals surface area contributed by atoms with Gasteiger partial charge in [0.1, 0.15) is 17.1 Å². The van der Waals surface area contributed by atoms with Gasteiger partial charge in [-0.25, -0.2) is 9.78 Å². The Morgan fingerprint density at radius 2 is 1.92 bits per heavy atom. The summed E-state index contributed by atoms with van der Waals surface area (Å²) in [5.41, 5.74) is 4.17. The summed E-state index contributed by atoms with van der Waals surface area (Å²) < 4.78 is 5.09. The first kappa shape index (κ1) is 17.5. The quantitative estimate of drug-likeness (QED) is 0.692. The van der Waals surface area contributed by atoms with Gasteiger partial charge in [-0.15, -0.1) is 0 Å². The molecule has 0 atom stereocenters. The number of anilines is 1. The molecular weight excluding hydrogens is 328 g/mol. The number of rotatable bonds is 6. The maximum Gasteiger partial charge on any atom is 0.339 e. The van der Waals surface area contributed by atoms with Crippen LogP contribution >= 0.6 is 0 Å². The molecule has 2 N–H and O–H groups in total. The van der Waals surface area contributed by atoms with Crippen molar-refractivity contribution >= 4 is 11.8 Å². The third kappa shape index (κ3) is 4.00. The van der Waals surface area contributed by atoms with Crippen molar-refractivity contribution in [2.75, 3.05) is 12.4 Å². The molecule has 1 aromatic heterocycles. The zero-order valence-electron chi connectivity index (χ0n) is 14.7. The Bertz CT molecular complexity index is 921. The van der Waals surface area contributed by atoms with Gasteiger partial charge in [-0.1, -0.05) is 35.9 Å². The minimum atomic E-state index is -1.02. The van der Waals surface area contributed by atoms with Crippen molar-refractivity contribution in [3.63, 3.8) is 0 Å². The normalized spacial score (nSPS) is 10.4. The van der Waals surface area contributed by atoms with Crippen molar-refractivity contribution < 1.29 is 14.6 Å². The molecular formula is C21H20N2O3. The predicted octanol–water partition coefficient (Wildman–Crippen LogP) is 4.38. The van der Waals surface area contributed by atoms with E-state index in [0.717, 1.165) is 16.9 Å². The lowest BCUT2D eigenvalue weighted by molar-refractivity contribution is 0.0693. The van der Waals surface area contributed by atoms with Crippen LogP contribution in [-0.4, -0.2) is 23.2 Å². The number of hydrogen-bond donors (Lipinski definition) is 2. The van der Waals surface area contributed by atoms with Crippen LogP contribution in [0.1, 0.15) is 21.5 Å². The fourth-order valence-corrected chi connectivity index (χ4v) is 2.74. The number of pyridine rings is 1. The molecule has 0 saturated heterocycles. The number of methoxy groups -OCH3 is 1. The molecule has 5 heteroatoms. The molecule has 0 aliphatic carbocycles. The highest BCUT2D eigenvalue weighted by Crippen LogP contribution is 2.27. The molecule has 3 aromatic rings. The number of benzene rings is 2. The Kier molecular flexibility index (Phi) is 5.17. The molecule has 1 heterocycles. The van der Waals surface area contributed by atoms with Crippen LogP contribution in [0.3, 0.4) is 0 Å². The first-order valence-electron chi connectivity index (χ1n) is 8.24. The summed E-state index contributed by atoms with van der Waals surface area (Å²) in [6.07, 6.45) is 1.73. The molecule has 26 heavy (non-hydrogen) atoms. The molecule has 0 aliphatic rings. The number of aromatic carboxylic acids is 1. The number of carboxylic acid groups (broad SMARTS) is 1. The summed E-state index contributed by atoms with van der Waals surface area (Å²) in [5, 5.41) is 12.6. The van der Waals surface area contributed by atoms with Gasteiger partial charge in [0.05, 0.1) is 7.11 Å². The number of carbonyl (C=O) groups is 1. The van der Waals surface area contributed by atoms with Crippen LogP contribution in [0.2, 0.25) is 0 Å². The maximum atomic E-state index is 11.4. The minimum absolute atomic E-state index is 0.131. The Morgan fingerprint density at radius 3 is 2.58 bits per heavy atom. The Morgan fingerprint density at radius 1 is 1.12 bits per heavy atom. The molecule has 3 rings (SSSR count). The first-order chi connectivity index (χ1) is 12.6. The van der Waals surface area contributed by atoms with Crippen LogP contribution in [0.4, 0.5) is 5.82 Å². The molecule has 0 saturated carbocycles. The van der Waals surface area contributed by atoms with E-state index in [4.69, 9.17) is 4.74 Å². The standard InChI is InChI=1S/C21H20N2O3/c1-14-4-3-5-15(10-14)12-22-20-9-7-17(13-23-20)16-6-8-19(26-2)18(11-16)21(24)25/h3-11,13H,12H2,1-2H3,(H,22,23)(H,24,25). The van der Waals surface area contributed by atoms with Crippen LogP contribution in [-0.2, 0) is 6.54 Å². The number of aromatic nitrogens is 1. The third-order valence-electron chi connectivity index (χ3n) is 4.08. The number of ether oxygens (including phenoxy) is 1. The molecule has 2 aromatic carbocycles. The van der Waals surface area contributed by atoms with Gasteiger partial charge in [0.15, 0.2) is 0 Å². The van der Waals surface area contributed by atoms with Gasteiger partial charge in [-0.05, 0) is 42.3 Å². The first-order valence-corrected chi connectivity index (χ1v) is 8.24. The summed E-state index contributed by atoms with van der Waals surface area (Å²) in [6, 6.07) is 17.2. The van der Waals surface area contributed by atoms with Gasteiger partial charge in [-0.2, -0.15) is 0 Å². The van der Waals surface area contributed by atoms with E-state index in [2.05, 4.69) is 35.4 Å². The maximum absolute atomic E-state index is 11.4. The highest BCUT2D eigenvalue weighted by molar-refractivity contribution is 5.92. The second-order valence-electron chi connectivity index (χ2n) is 5.99. The van der Waals surface area contributed by atoms with E-state index < -0.39 is 5.97 Å². The molecule has 0 fully saturated rings. The molecule has 132 valence electrons. The van der Waals surface area contributed by atoms with E-state index >= 15 is 0 Å². The lowest BCUT2D eigenvalue weighted by Crippen LogP contribution is -2.02. The molecule has 0 bridgehead atoms.